The van der Waals surface area contributed by atoms with Crippen LogP contribution in [0.3, 0.4) is 0 Å². The van der Waals surface area contributed by atoms with Crippen molar-refractivity contribution in [1.82, 2.24) is 4.57 Å². The lowest BCUT2D eigenvalue weighted by molar-refractivity contribution is 0.387. The molecule has 0 aliphatic carbocycles. The van der Waals surface area contributed by atoms with E-state index in [1.165, 1.54) is 13.2 Å². The maximum Gasteiger partial charge on any atom is 0.165 e. The highest BCUT2D eigenvalue weighted by molar-refractivity contribution is 5.49. The monoisotopic (exact) mass is 234 g/mol. The van der Waals surface area contributed by atoms with E-state index in [2.05, 4.69) is 5.32 Å². The van der Waals surface area contributed by atoms with E-state index < -0.39 is 0 Å². The summed E-state index contributed by atoms with van der Waals surface area (Å²) in [6.07, 6.45) is 1.99. The van der Waals surface area contributed by atoms with E-state index in [0.29, 0.717) is 6.54 Å². The first kappa shape index (κ1) is 11.5. The number of rotatable bonds is 4. The van der Waals surface area contributed by atoms with Crippen molar-refractivity contribution in [3.8, 4) is 5.75 Å². The Morgan fingerprint density at radius 1 is 1.35 bits per heavy atom. The Hall–Kier alpha value is -1.97. The second-order valence-corrected chi connectivity index (χ2v) is 3.81. The number of hydrogen-bond acceptors (Lipinski definition) is 2. The van der Waals surface area contributed by atoms with Crippen LogP contribution >= 0.6 is 0 Å². The van der Waals surface area contributed by atoms with Gasteiger partial charge in [-0.1, -0.05) is 0 Å². The van der Waals surface area contributed by atoms with Crippen molar-refractivity contribution in [2.45, 2.75) is 6.54 Å². The fourth-order valence-electron chi connectivity index (χ4n) is 1.64. The van der Waals surface area contributed by atoms with Gasteiger partial charge in [0.1, 0.15) is 0 Å². The SMILES string of the molecule is COc1cc(NCc2cccn2C)ccc1F. The molecule has 3 nitrogen and oxygen atoms in total. The Morgan fingerprint density at radius 3 is 2.82 bits per heavy atom. The molecule has 0 spiro atoms. The average molecular weight is 234 g/mol. The number of halogens is 1. The third kappa shape index (κ3) is 2.58. The molecule has 0 unspecified atom stereocenters. The predicted octanol–water partition coefficient (Wildman–Crippen LogP) is 2.78. The molecule has 0 aliphatic rings. The van der Waals surface area contributed by atoms with E-state index in [4.69, 9.17) is 4.74 Å². The molecule has 2 rings (SSSR count). The molecular formula is C13H15FN2O. The molecule has 0 saturated heterocycles. The van der Waals surface area contributed by atoms with Gasteiger partial charge in [0, 0.05) is 30.7 Å². The molecule has 0 atom stereocenters. The van der Waals surface area contributed by atoms with Crippen LogP contribution in [0.4, 0.5) is 10.1 Å². The largest absolute Gasteiger partial charge is 0.494 e. The summed E-state index contributed by atoms with van der Waals surface area (Å²) in [6.45, 7) is 0.693. The number of benzene rings is 1. The number of aromatic nitrogens is 1. The van der Waals surface area contributed by atoms with Crippen LogP contribution in [0.15, 0.2) is 36.5 Å². The van der Waals surface area contributed by atoms with Gasteiger partial charge in [-0.05, 0) is 24.3 Å². The van der Waals surface area contributed by atoms with Crippen molar-refractivity contribution < 1.29 is 9.13 Å². The van der Waals surface area contributed by atoms with E-state index in [-0.39, 0.29) is 11.6 Å². The maximum absolute atomic E-state index is 13.2. The Balaban J connectivity index is 2.07. The first-order valence-electron chi connectivity index (χ1n) is 5.38. The number of ether oxygens (including phenoxy) is 1. The zero-order valence-corrected chi connectivity index (χ0v) is 9.90. The van der Waals surface area contributed by atoms with Crippen LogP contribution in [-0.2, 0) is 13.6 Å². The summed E-state index contributed by atoms with van der Waals surface area (Å²) in [5.41, 5.74) is 2.00. The van der Waals surface area contributed by atoms with Crippen LogP contribution in [0, 0.1) is 5.82 Å². The molecule has 1 heterocycles. The number of hydrogen-bond donors (Lipinski definition) is 1. The summed E-state index contributed by atoms with van der Waals surface area (Å²) in [6, 6.07) is 8.77. The molecule has 1 aromatic carbocycles. The molecule has 4 heteroatoms. The van der Waals surface area contributed by atoms with Gasteiger partial charge in [-0.3, -0.25) is 0 Å². The molecule has 90 valence electrons. The van der Waals surface area contributed by atoms with Crippen LogP contribution < -0.4 is 10.1 Å². The fraction of sp³-hybridized carbons (Fsp3) is 0.231. The number of nitrogens with zero attached hydrogens (tertiary/aromatic N) is 1. The Labute approximate surface area is 99.8 Å². The quantitative estimate of drug-likeness (QED) is 0.880. The molecule has 2 aromatic rings. The van der Waals surface area contributed by atoms with Gasteiger partial charge in [0.15, 0.2) is 11.6 Å². The number of anilines is 1. The molecule has 0 fully saturated rings. The van der Waals surface area contributed by atoms with Crippen molar-refractivity contribution in [2.75, 3.05) is 12.4 Å². The lowest BCUT2D eigenvalue weighted by atomic mass is 10.3. The number of methoxy groups -OCH3 is 1. The van der Waals surface area contributed by atoms with Gasteiger partial charge in [0.2, 0.25) is 0 Å². The van der Waals surface area contributed by atoms with Crippen LogP contribution in [0.1, 0.15) is 5.69 Å². The molecule has 1 aromatic heterocycles. The van der Waals surface area contributed by atoms with E-state index in [1.807, 2.05) is 29.9 Å². The first-order valence-corrected chi connectivity index (χ1v) is 5.38. The Bertz CT molecular complexity index is 508. The van der Waals surface area contributed by atoms with Crippen LogP contribution in [0.2, 0.25) is 0 Å². The highest BCUT2D eigenvalue weighted by Crippen LogP contribution is 2.21. The topological polar surface area (TPSA) is 26.2 Å². The first-order chi connectivity index (χ1) is 8.20. The minimum absolute atomic E-state index is 0.252. The van der Waals surface area contributed by atoms with Crippen molar-refractivity contribution in [1.29, 1.82) is 0 Å². The summed E-state index contributed by atoms with van der Waals surface area (Å²) in [7, 11) is 3.45. The normalized spacial score (nSPS) is 10.3. The van der Waals surface area contributed by atoms with E-state index in [9.17, 15) is 4.39 Å². The number of aryl methyl sites for hydroxylation is 1. The van der Waals surface area contributed by atoms with Crippen molar-refractivity contribution in [3.05, 3.63) is 48.0 Å². The standard InChI is InChI=1S/C13H15FN2O/c1-16-7-3-4-11(16)9-15-10-5-6-12(14)13(8-10)17-2/h3-8,15H,9H2,1-2H3. The summed E-state index contributed by atoms with van der Waals surface area (Å²) in [5.74, 6) is -0.0983. The third-order valence-corrected chi connectivity index (χ3v) is 2.68. The van der Waals surface area contributed by atoms with Crippen molar-refractivity contribution >= 4 is 5.69 Å². The fourth-order valence-corrected chi connectivity index (χ4v) is 1.64. The van der Waals surface area contributed by atoms with Gasteiger partial charge in [-0.15, -0.1) is 0 Å². The second-order valence-electron chi connectivity index (χ2n) is 3.81. The maximum atomic E-state index is 13.2. The van der Waals surface area contributed by atoms with Gasteiger partial charge in [0.05, 0.1) is 13.7 Å². The van der Waals surface area contributed by atoms with Gasteiger partial charge in [-0.2, -0.15) is 0 Å². The molecule has 1 N–H and O–H groups in total. The Kier molecular flexibility index (Phi) is 3.32. The molecule has 0 bridgehead atoms. The minimum Gasteiger partial charge on any atom is -0.494 e. The predicted molar refractivity (Wildman–Crippen MR) is 65.7 cm³/mol. The number of nitrogens with one attached hydrogen (secondary N) is 1. The lowest BCUT2D eigenvalue weighted by Crippen LogP contribution is -2.04. The second kappa shape index (κ2) is 4.91. The van der Waals surface area contributed by atoms with Crippen molar-refractivity contribution in [3.63, 3.8) is 0 Å². The third-order valence-electron chi connectivity index (χ3n) is 2.68. The average Bonchev–Trinajstić information content (AvgIpc) is 2.74. The summed E-state index contributed by atoms with van der Waals surface area (Å²) >= 11 is 0. The molecular weight excluding hydrogens is 219 g/mol. The van der Waals surface area contributed by atoms with Crippen LogP contribution in [0.25, 0.3) is 0 Å². The molecule has 0 radical (unpaired) electrons. The highest BCUT2D eigenvalue weighted by atomic mass is 19.1. The van der Waals surface area contributed by atoms with E-state index in [0.717, 1.165) is 11.4 Å². The van der Waals surface area contributed by atoms with Gasteiger partial charge in [-0.25, -0.2) is 4.39 Å². The molecule has 0 amide bonds. The van der Waals surface area contributed by atoms with Crippen molar-refractivity contribution in [2.24, 2.45) is 7.05 Å². The molecule has 0 aliphatic heterocycles. The van der Waals surface area contributed by atoms with Crippen LogP contribution in [0.5, 0.6) is 5.75 Å². The Morgan fingerprint density at radius 2 is 2.18 bits per heavy atom. The smallest absolute Gasteiger partial charge is 0.165 e. The summed E-state index contributed by atoms with van der Waals surface area (Å²) in [5, 5.41) is 3.22. The summed E-state index contributed by atoms with van der Waals surface area (Å²) < 4.78 is 20.2. The van der Waals surface area contributed by atoms with E-state index >= 15 is 0 Å². The zero-order chi connectivity index (χ0) is 12.3. The van der Waals surface area contributed by atoms with Gasteiger partial charge >= 0.3 is 0 Å². The van der Waals surface area contributed by atoms with Gasteiger partial charge < -0.3 is 14.6 Å². The van der Waals surface area contributed by atoms with Crippen LogP contribution in [-0.4, -0.2) is 11.7 Å². The lowest BCUT2D eigenvalue weighted by Gasteiger charge is -2.09. The molecule has 0 saturated carbocycles. The zero-order valence-electron chi connectivity index (χ0n) is 9.90. The van der Waals surface area contributed by atoms with Gasteiger partial charge in [0.25, 0.3) is 0 Å². The highest BCUT2D eigenvalue weighted by Gasteiger charge is 2.03. The summed E-state index contributed by atoms with van der Waals surface area (Å²) in [4.78, 5) is 0. The minimum atomic E-state index is -0.350. The van der Waals surface area contributed by atoms with E-state index in [1.54, 1.807) is 12.1 Å². The molecule has 17 heavy (non-hydrogen) atoms.